The zero-order chi connectivity index (χ0) is 20.6. The van der Waals surface area contributed by atoms with Gasteiger partial charge in [-0.05, 0) is 74.6 Å². The van der Waals surface area contributed by atoms with Crippen molar-refractivity contribution in [1.29, 1.82) is 0 Å². The molecule has 0 saturated carbocycles. The minimum absolute atomic E-state index is 0.797. The fourth-order valence-electron chi connectivity index (χ4n) is 3.80. The Morgan fingerprint density at radius 1 is 1.10 bits per heavy atom. The molecule has 3 heteroatoms. The molecule has 2 N–H and O–H groups in total. The van der Waals surface area contributed by atoms with Crippen LogP contribution < -0.4 is 10.6 Å². The largest absolute Gasteiger partial charge is 0.388 e. The number of allylic oxidation sites excluding steroid dienone is 8. The smallest absolute Gasteiger partial charge is 0.0151 e. The Morgan fingerprint density at radius 3 is 2.90 bits per heavy atom. The molecule has 29 heavy (non-hydrogen) atoms. The second-order valence-corrected chi connectivity index (χ2v) is 9.31. The summed E-state index contributed by atoms with van der Waals surface area (Å²) in [5.74, 6) is 3.36. The van der Waals surface area contributed by atoms with Crippen LogP contribution in [0.15, 0.2) is 72.3 Å². The molecule has 2 aliphatic rings. The summed E-state index contributed by atoms with van der Waals surface area (Å²) >= 11 is 2.12. The monoisotopic (exact) mass is 412 g/mol. The third-order valence-corrected chi connectivity index (χ3v) is 6.55. The van der Waals surface area contributed by atoms with Gasteiger partial charge in [-0.2, -0.15) is 11.8 Å². The molecule has 2 rings (SSSR count). The number of thioether (sulfide) groups is 1. The summed E-state index contributed by atoms with van der Waals surface area (Å²) in [4.78, 5) is 0. The van der Waals surface area contributed by atoms with Crippen LogP contribution in [0, 0.1) is 5.92 Å². The van der Waals surface area contributed by atoms with E-state index in [0.717, 1.165) is 25.3 Å². The van der Waals surface area contributed by atoms with Crippen molar-refractivity contribution in [2.75, 3.05) is 18.1 Å². The van der Waals surface area contributed by atoms with E-state index >= 15 is 0 Å². The highest BCUT2D eigenvalue weighted by atomic mass is 32.2. The van der Waals surface area contributed by atoms with Crippen LogP contribution in [0.3, 0.4) is 0 Å². The van der Waals surface area contributed by atoms with Gasteiger partial charge in [-0.3, -0.25) is 0 Å². The second-order valence-electron chi connectivity index (χ2n) is 8.09. The molecule has 2 nitrogen and oxygen atoms in total. The van der Waals surface area contributed by atoms with E-state index in [2.05, 4.69) is 78.4 Å². The first-order valence-corrected chi connectivity index (χ1v) is 12.5. The minimum atomic E-state index is 0.797. The van der Waals surface area contributed by atoms with Gasteiger partial charge in [-0.25, -0.2) is 0 Å². The van der Waals surface area contributed by atoms with Crippen molar-refractivity contribution >= 4 is 11.8 Å². The van der Waals surface area contributed by atoms with Gasteiger partial charge >= 0.3 is 0 Å². The van der Waals surface area contributed by atoms with Crippen LogP contribution >= 0.6 is 11.8 Å². The second kappa shape index (κ2) is 15.3. The van der Waals surface area contributed by atoms with Crippen LogP contribution in [0.4, 0.5) is 0 Å². The van der Waals surface area contributed by atoms with Gasteiger partial charge in [-0.1, -0.05) is 55.5 Å². The first-order chi connectivity index (χ1) is 14.3. The average Bonchev–Trinajstić information content (AvgIpc) is 2.97. The molecule has 1 atom stereocenters. The lowest BCUT2D eigenvalue weighted by Crippen LogP contribution is -2.14. The van der Waals surface area contributed by atoms with Gasteiger partial charge in [0.25, 0.3) is 0 Å². The topological polar surface area (TPSA) is 24.1 Å². The average molecular weight is 413 g/mol. The van der Waals surface area contributed by atoms with Crippen LogP contribution in [-0.2, 0) is 0 Å². The molecule has 2 aliphatic carbocycles. The lowest BCUT2D eigenvalue weighted by atomic mass is 9.92. The van der Waals surface area contributed by atoms with E-state index in [1.807, 2.05) is 0 Å². The summed E-state index contributed by atoms with van der Waals surface area (Å²) in [5, 5.41) is 6.84. The Bertz CT molecular complexity index is 625. The van der Waals surface area contributed by atoms with E-state index < -0.39 is 0 Å². The lowest BCUT2D eigenvalue weighted by molar-refractivity contribution is 0.511. The number of rotatable bonds is 13. The third-order valence-electron chi connectivity index (χ3n) is 5.40. The molecule has 0 heterocycles. The molecular formula is C26H40N2S. The zero-order valence-electron chi connectivity index (χ0n) is 18.3. The quantitative estimate of drug-likeness (QED) is 0.251. The van der Waals surface area contributed by atoms with E-state index in [4.69, 9.17) is 0 Å². The lowest BCUT2D eigenvalue weighted by Gasteiger charge is -2.17. The Labute approximate surface area is 183 Å². The maximum atomic E-state index is 3.78. The van der Waals surface area contributed by atoms with Gasteiger partial charge < -0.3 is 10.6 Å². The summed E-state index contributed by atoms with van der Waals surface area (Å²) in [6.45, 7) is 7.29. The molecule has 0 aliphatic heterocycles. The number of nitrogens with one attached hydrogen (secondary N) is 2. The van der Waals surface area contributed by atoms with Gasteiger partial charge in [0.2, 0.25) is 0 Å². The molecule has 1 unspecified atom stereocenters. The van der Waals surface area contributed by atoms with Crippen LogP contribution in [-0.4, -0.2) is 18.1 Å². The summed E-state index contributed by atoms with van der Waals surface area (Å²) in [6, 6.07) is 0. The van der Waals surface area contributed by atoms with Gasteiger partial charge in [0.15, 0.2) is 0 Å². The van der Waals surface area contributed by atoms with E-state index in [0.29, 0.717) is 0 Å². The molecule has 0 fully saturated rings. The van der Waals surface area contributed by atoms with Crippen molar-refractivity contribution in [3.8, 4) is 0 Å². The van der Waals surface area contributed by atoms with E-state index in [1.165, 1.54) is 67.8 Å². The molecule has 0 aromatic carbocycles. The van der Waals surface area contributed by atoms with Crippen LogP contribution in [0.5, 0.6) is 0 Å². The molecule has 0 aromatic rings. The standard InChI is InChI=1S/C26H40N2S/c1-3-27-26-16-9-8-13-24(17-18-26)22-23(2)12-10-20-29-21-11-19-28-25-14-6-4-5-7-15-25/h3-7,14,16-17,23,27-28H,1,8-13,15,18-22H2,2H3/b24-17-,26-16+. The molecule has 0 aromatic heterocycles. The predicted octanol–water partition coefficient (Wildman–Crippen LogP) is 7.02. The van der Waals surface area contributed by atoms with Crippen molar-refractivity contribution in [3.05, 3.63) is 72.3 Å². The van der Waals surface area contributed by atoms with E-state index in [9.17, 15) is 0 Å². The third kappa shape index (κ3) is 11.2. The molecule has 0 radical (unpaired) electrons. The Hall–Kier alpha value is -1.61. The Balaban J connectivity index is 1.50. The summed E-state index contributed by atoms with van der Waals surface area (Å²) < 4.78 is 0. The highest BCUT2D eigenvalue weighted by Gasteiger charge is 2.08. The van der Waals surface area contributed by atoms with Gasteiger partial charge in [0.1, 0.15) is 0 Å². The Kier molecular flexibility index (Phi) is 12.5. The fraction of sp³-hybridized carbons (Fsp3) is 0.538. The fourth-order valence-corrected chi connectivity index (χ4v) is 4.72. The van der Waals surface area contributed by atoms with Gasteiger partial charge in [0.05, 0.1) is 0 Å². The first kappa shape index (κ1) is 23.7. The summed E-state index contributed by atoms with van der Waals surface area (Å²) in [7, 11) is 0. The number of hydrogen-bond donors (Lipinski definition) is 2. The highest BCUT2D eigenvalue weighted by molar-refractivity contribution is 7.99. The van der Waals surface area contributed by atoms with Crippen molar-refractivity contribution < 1.29 is 0 Å². The maximum absolute atomic E-state index is 3.78. The highest BCUT2D eigenvalue weighted by Crippen LogP contribution is 2.24. The van der Waals surface area contributed by atoms with Crippen molar-refractivity contribution in [1.82, 2.24) is 10.6 Å². The molecule has 0 bridgehead atoms. The Morgan fingerprint density at radius 2 is 2.00 bits per heavy atom. The van der Waals surface area contributed by atoms with Crippen LogP contribution in [0.1, 0.15) is 64.7 Å². The first-order valence-electron chi connectivity index (χ1n) is 11.4. The SMILES string of the molecule is C=CN/C1=C/CCC/C(CC(C)CCCSCCCNC2=CC=CC=CC2)=C/C1. The molecule has 160 valence electrons. The predicted molar refractivity (Wildman–Crippen MR) is 132 cm³/mol. The van der Waals surface area contributed by atoms with Gasteiger partial charge in [-0.15, -0.1) is 0 Å². The molecular weight excluding hydrogens is 372 g/mol. The van der Waals surface area contributed by atoms with Crippen molar-refractivity contribution in [2.45, 2.75) is 64.7 Å². The van der Waals surface area contributed by atoms with Crippen LogP contribution in [0.2, 0.25) is 0 Å². The molecule has 0 saturated heterocycles. The molecule has 0 spiro atoms. The van der Waals surface area contributed by atoms with Crippen molar-refractivity contribution in [3.63, 3.8) is 0 Å². The van der Waals surface area contributed by atoms with Gasteiger partial charge in [0, 0.05) is 30.8 Å². The zero-order valence-corrected chi connectivity index (χ0v) is 19.1. The molecule has 0 amide bonds. The van der Waals surface area contributed by atoms with Crippen molar-refractivity contribution in [2.24, 2.45) is 5.92 Å². The summed E-state index contributed by atoms with van der Waals surface area (Å²) in [6.07, 6.45) is 28.3. The van der Waals surface area contributed by atoms with Crippen LogP contribution in [0.25, 0.3) is 0 Å². The van der Waals surface area contributed by atoms with E-state index in [-0.39, 0.29) is 0 Å². The minimum Gasteiger partial charge on any atom is -0.388 e. The normalized spacial score (nSPS) is 21.5. The summed E-state index contributed by atoms with van der Waals surface area (Å²) in [5.41, 5.74) is 4.30. The van der Waals surface area contributed by atoms with E-state index in [1.54, 1.807) is 11.8 Å². The number of hydrogen-bond acceptors (Lipinski definition) is 3. The maximum Gasteiger partial charge on any atom is 0.0151 e.